The van der Waals surface area contributed by atoms with Crippen molar-refractivity contribution in [3.8, 4) is 0 Å². The molecule has 1 fully saturated rings. The summed E-state index contributed by atoms with van der Waals surface area (Å²) in [5, 5.41) is 37.1. The smallest absolute Gasteiger partial charge is 0.143 e. The Labute approximate surface area is 137 Å². The van der Waals surface area contributed by atoms with Gasteiger partial charge in [0.05, 0.1) is 12.3 Å². The number of unbranched alkanes of at least 4 members (excludes halogenated alkanes) is 1. The maximum Gasteiger partial charge on any atom is 0.143 e. The third kappa shape index (κ3) is 3.07. The van der Waals surface area contributed by atoms with E-state index in [2.05, 4.69) is 27.1 Å². The molecule has 0 amide bonds. The Morgan fingerprint density at radius 2 is 2.09 bits per heavy atom. The van der Waals surface area contributed by atoms with E-state index < -0.39 is 24.4 Å². The number of rotatable bonds is 6. The highest BCUT2D eigenvalue weighted by molar-refractivity contribution is 7.99. The molecule has 0 unspecified atom stereocenters. The molecule has 0 saturated carbocycles. The zero-order valence-corrected chi connectivity index (χ0v) is 13.5. The molecule has 0 bridgehead atoms. The molecule has 4 atom stereocenters. The molecule has 126 valence electrons. The molecule has 0 aliphatic carbocycles. The SMILES string of the molecule is CCCCSc1ncnc2c([C@@H]3O[C@H](CO)[C@@H](O)[C@H]3O)[nH]nc12. The molecule has 1 saturated heterocycles. The van der Waals surface area contributed by atoms with Crippen molar-refractivity contribution in [1.82, 2.24) is 20.2 Å². The molecule has 0 spiro atoms. The summed E-state index contributed by atoms with van der Waals surface area (Å²) in [6, 6.07) is 0. The van der Waals surface area contributed by atoms with Gasteiger partial charge in [0.2, 0.25) is 0 Å². The lowest BCUT2D eigenvalue weighted by Gasteiger charge is -2.12. The third-order valence-corrected chi connectivity index (χ3v) is 4.96. The molecule has 9 heteroatoms. The number of aromatic amines is 1. The Balaban J connectivity index is 1.90. The summed E-state index contributed by atoms with van der Waals surface area (Å²) in [7, 11) is 0. The molecule has 2 aromatic heterocycles. The summed E-state index contributed by atoms with van der Waals surface area (Å²) in [5.41, 5.74) is 1.68. The molecular weight excluding hydrogens is 320 g/mol. The molecule has 0 radical (unpaired) electrons. The molecule has 4 N–H and O–H groups in total. The van der Waals surface area contributed by atoms with Crippen molar-refractivity contribution in [2.75, 3.05) is 12.4 Å². The average molecular weight is 340 g/mol. The number of nitrogens with one attached hydrogen (secondary N) is 1. The summed E-state index contributed by atoms with van der Waals surface area (Å²) >= 11 is 1.61. The fourth-order valence-corrected chi connectivity index (χ4v) is 3.61. The van der Waals surface area contributed by atoms with Gasteiger partial charge in [0.1, 0.15) is 46.8 Å². The van der Waals surface area contributed by atoms with E-state index in [1.54, 1.807) is 11.8 Å². The molecule has 3 heterocycles. The maximum atomic E-state index is 10.2. The van der Waals surface area contributed by atoms with E-state index in [1.807, 2.05) is 0 Å². The van der Waals surface area contributed by atoms with E-state index in [1.165, 1.54) is 6.33 Å². The van der Waals surface area contributed by atoms with Gasteiger partial charge in [0.15, 0.2) is 0 Å². The number of nitrogens with zero attached hydrogens (tertiary/aromatic N) is 3. The Morgan fingerprint density at radius 1 is 1.26 bits per heavy atom. The van der Waals surface area contributed by atoms with Crippen molar-refractivity contribution in [3.63, 3.8) is 0 Å². The fraction of sp³-hybridized carbons (Fsp3) is 0.643. The second-order valence-electron chi connectivity index (χ2n) is 5.47. The molecule has 23 heavy (non-hydrogen) atoms. The van der Waals surface area contributed by atoms with Crippen molar-refractivity contribution in [2.45, 2.75) is 49.2 Å². The van der Waals surface area contributed by atoms with Gasteiger partial charge in [-0.3, -0.25) is 5.10 Å². The quantitative estimate of drug-likeness (QED) is 0.338. The molecule has 0 aromatic carbocycles. The molecular formula is C14H20N4O4S. The highest BCUT2D eigenvalue weighted by Gasteiger charge is 2.44. The van der Waals surface area contributed by atoms with Crippen molar-refractivity contribution in [3.05, 3.63) is 12.0 Å². The summed E-state index contributed by atoms with van der Waals surface area (Å²) < 4.78 is 5.54. The number of aromatic nitrogens is 4. The number of ether oxygens (including phenoxy) is 1. The van der Waals surface area contributed by atoms with E-state index >= 15 is 0 Å². The van der Waals surface area contributed by atoms with Gasteiger partial charge in [-0.2, -0.15) is 5.10 Å². The van der Waals surface area contributed by atoms with E-state index in [0.717, 1.165) is 23.6 Å². The van der Waals surface area contributed by atoms with Crippen molar-refractivity contribution >= 4 is 22.8 Å². The molecule has 1 aliphatic heterocycles. The van der Waals surface area contributed by atoms with Crippen LogP contribution in [0.3, 0.4) is 0 Å². The number of fused-ring (bicyclic) bond motifs is 1. The van der Waals surface area contributed by atoms with Crippen molar-refractivity contribution in [2.24, 2.45) is 0 Å². The van der Waals surface area contributed by atoms with Gasteiger partial charge < -0.3 is 20.1 Å². The van der Waals surface area contributed by atoms with Crippen LogP contribution in [0.1, 0.15) is 31.6 Å². The van der Waals surface area contributed by atoms with Crippen LogP contribution in [0.4, 0.5) is 0 Å². The number of hydrogen-bond acceptors (Lipinski definition) is 8. The Morgan fingerprint density at radius 3 is 2.78 bits per heavy atom. The standard InChI is InChI=1S/C14H20N4O4S/c1-2-3-4-23-14-10-8(15-6-16-14)9(17-18-10)13-12(21)11(20)7(5-19)22-13/h6-7,11-13,19-21H,2-5H2,1H3,(H,17,18)/t7-,11-,12-,13+/m1/s1. The van der Waals surface area contributed by atoms with Crippen LogP contribution in [0.15, 0.2) is 11.4 Å². The van der Waals surface area contributed by atoms with Crippen LogP contribution in [0.25, 0.3) is 11.0 Å². The second kappa shape index (κ2) is 7.10. The number of aliphatic hydroxyl groups is 3. The molecule has 2 aromatic rings. The number of aliphatic hydroxyl groups excluding tert-OH is 3. The van der Waals surface area contributed by atoms with E-state index in [0.29, 0.717) is 16.7 Å². The number of H-pyrrole nitrogens is 1. The van der Waals surface area contributed by atoms with Crippen LogP contribution in [0, 0.1) is 0 Å². The van der Waals surface area contributed by atoms with Crippen molar-refractivity contribution < 1.29 is 20.1 Å². The predicted molar refractivity (Wildman–Crippen MR) is 84.0 cm³/mol. The Kier molecular flexibility index (Phi) is 5.12. The lowest BCUT2D eigenvalue weighted by Crippen LogP contribution is -2.32. The Hall–Kier alpha value is -1.26. The normalized spacial score (nSPS) is 27.8. The maximum absolute atomic E-state index is 10.2. The monoisotopic (exact) mass is 340 g/mol. The van der Waals surface area contributed by atoms with Gasteiger partial charge in [-0.25, -0.2) is 9.97 Å². The highest BCUT2D eigenvalue weighted by Crippen LogP contribution is 2.36. The first kappa shape index (κ1) is 16.6. The molecule has 8 nitrogen and oxygen atoms in total. The van der Waals surface area contributed by atoms with E-state index in [-0.39, 0.29) is 6.61 Å². The summed E-state index contributed by atoms with van der Waals surface area (Å²) in [6.45, 7) is 1.76. The lowest BCUT2D eigenvalue weighted by molar-refractivity contribution is -0.0236. The second-order valence-corrected chi connectivity index (χ2v) is 6.56. The summed E-state index contributed by atoms with van der Waals surface area (Å²) in [5.74, 6) is 0.943. The molecule has 1 aliphatic rings. The van der Waals surface area contributed by atoms with Gasteiger partial charge in [-0.05, 0) is 12.2 Å². The third-order valence-electron chi connectivity index (χ3n) is 3.90. The lowest BCUT2D eigenvalue weighted by atomic mass is 10.1. The van der Waals surface area contributed by atoms with Crippen LogP contribution in [0.2, 0.25) is 0 Å². The predicted octanol–water partition coefficient (Wildman–Crippen LogP) is 0.399. The minimum Gasteiger partial charge on any atom is -0.394 e. The Bertz CT molecular complexity index is 667. The first-order chi connectivity index (χ1) is 11.2. The van der Waals surface area contributed by atoms with Crippen LogP contribution < -0.4 is 0 Å². The first-order valence-electron chi connectivity index (χ1n) is 7.61. The summed E-state index contributed by atoms with van der Waals surface area (Å²) in [6.07, 6.45) is -0.288. The average Bonchev–Trinajstić information content (AvgIpc) is 3.11. The summed E-state index contributed by atoms with van der Waals surface area (Å²) in [4.78, 5) is 8.49. The van der Waals surface area contributed by atoms with Gasteiger partial charge in [0, 0.05) is 0 Å². The van der Waals surface area contributed by atoms with Gasteiger partial charge in [0.25, 0.3) is 0 Å². The zero-order chi connectivity index (χ0) is 16.4. The van der Waals surface area contributed by atoms with Gasteiger partial charge in [-0.15, -0.1) is 11.8 Å². The van der Waals surface area contributed by atoms with Crippen LogP contribution in [0.5, 0.6) is 0 Å². The van der Waals surface area contributed by atoms with Crippen LogP contribution in [-0.4, -0.2) is 66.2 Å². The fourth-order valence-electron chi connectivity index (χ4n) is 2.58. The number of thioether (sulfide) groups is 1. The van der Waals surface area contributed by atoms with Crippen LogP contribution >= 0.6 is 11.8 Å². The zero-order valence-electron chi connectivity index (χ0n) is 12.7. The van der Waals surface area contributed by atoms with E-state index in [9.17, 15) is 15.3 Å². The number of hydrogen-bond donors (Lipinski definition) is 4. The molecule has 3 rings (SSSR count). The van der Waals surface area contributed by atoms with Gasteiger partial charge >= 0.3 is 0 Å². The first-order valence-corrected chi connectivity index (χ1v) is 8.60. The van der Waals surface area contributed by atoms with Gasteiger partial charge in [-0.1, -0.05) is 13.3 Å². The topological polar surface area (TPSA) is 124 Å². The van der Waals surface area contributed by atoms with Crippen LogP contribution in [-0.2, 0) is 4.74 Å². The largest absolute Gasteiger partial charge is 0.394 e. The minimum atomic E-state index is -1.15. The minimum absolute atomic E-state index is 0.367. The van der Waals surface area contributed by atoms with E-state index in [4.69, 9.17) is 4.74 Å². The highest BCUT2D eigenvalue weighted by atomic mass is 32.2. The van der Waals surface area contributed by atoms with Crippen molar-refractivity contribution in [1.29, 1.82) is 0 Å².